The molecule has 3 aromatic heterocycles. The van der Waals surface area contributed by atoms with E-state index in [-0.39, 0.29) is 5.91 Å². The maximum absolute atomic E-state index is 12.7. The van der Waals surface area contributed by atoms with E-state index in [0.29, 0.717) is 22.4 Å². The van der Waals surface area contributed by atoms with Crippen LogP contribution in [0.5, 0.6) is 0 Å². The molecule has 0 spiro atoms. The number of halogens is 1. The van der Waals surface area contributed by atoms with Gasteiger partial charge >= 0.3 is 0 Å². The SMILES string of the molecule is Cc1nn(C)c(C)c1CN(C)C(=O)c1nn2cccnc2c1Br. The molecule has 3 heterocycles. The van der Waals surface area contributed by atoms with Crippen molar-refractivity contribution in [1.29, 1.82) is 0 Å². The molecular weight excluding hydrogens is 360 g/mol. The summed E-state index contributed by atoms with van der Waals surface area (Å²) in [6.45, 7) is 4.43. The van der Waals surface area contributed by atoms with E-state index in [0.717, 1.165) is 17.0 Å². The van der Waals surface area contributed by atoms with Gasteiger partial charge in [-0.2, -0.15) is 10.2 Å². The molecule has 0 aliphatic rings. The second-order valence-electron chi connectivity index (χ2n) is 5.48. The summed E-state index contributed by atoms with van der Waals surface area (Å²) < 4.78 is 4.02. The van der Waals surface area contributed by atoms with Gasteiger partial charge in [0.05, 0.1) is 10.2 Å². The van der Waals surface area contributed by atoms with Crippen LogP contribution in [0.1, 0.15) is 27.4 Å². The molecule has 7 nitrogen and oxygen atoms in total. The van der Waals surface area contributed by atoms with E-state index >= 15 is 0 Å². The highest BCUT2D eigenvalue weighted by molar-refractivity contribution is 9.10. The van der Waals surface area contributed by atoms with Crippen LogP contribution >= 0.6 is 15.9 Å². The number of hydrogen-bond acceptors (Lipinski definition) is 4. The Kier molecular flexibility index (Phi) is 3.93. The minimum atomic E-state index is -0.162. The Morgan fingerprint density at radius 1 is 1.35 bits per heavy atom. The number of aryl methyl sites for hydroxylation is 2. The number of rotatable bonds is 3. The molecule has 0 fully saturated rings. The normalized spacial score (nSPS) is 11.2. The zero-order chi connectivity index (χ0) is 16.7. The summed E-state index contributed by atoms with van der Waals surface area (Å²) in [6, 6.07) is 1.77. The van der Waals surface area contributed by atoms with E-state index in [2.05, 4.69) is 31.1 Å². The van der Waals surface area contributed by atoms with Crippen LogP contribution in [0.2, 0.25) is 0 Å². The number of carbonyl (C=O) groups excluding carboxylic acids is 1. The van der Waals surface area contributed by atoms with Crippen LogP contribution in [-0.2, 0) is 13.6 Å². The zero-order valence-electron chi connectivity index (χ0n) is 13.4. The Morgan fingerprint density at radius 2 is 2.09 bits per heavy atom. The first-order valence-electron chi connectivity index (χ1n) is 7.13. The van der Waals surface area contributed by atoms with Gasteiger partial charge in [-0.25, -0.2) is 9.50 Å². The molecule has 0 saturated carbocycles. The molecule has 0 saturated heterocycles. The lowest BCUT2D eigenvalue weighted by Gasteiger charge is -2.16. The summed E-state index contributed by atoms with van der Waals surface area (Å²) in [4.78, 5) is 18.6. The summed E-state index contributed by atoms with van der Waals surface area (Å²) in [5.74, 6) is -0.162. The first-order valence-corrected chi connectivity index (χ1v) is 7.93. The van der Waals surface area contributed by atoms with Gasteiger partial charge < -0.3 is 4.90 Å². The smallest absolute Gasteiger partial charge is 0.275 e. The number of nitrogens with zero attached hydrogens (tertiary/aromatic N) is 6. The number of amides is 1. The number of hydrogen-bond donors (Lipinski definition) is 0. The van der Waals surface area contributed by atoms with Crippen molar-refractivity contribution >= 4 is 27.5 Å². The number of fused-ring (bicyclic) bond motifs is 1. The maximum atomic E-state index is 12.7. The van der Waals surface area contributed by atoms with E-state index in [4.69, 9.17) is 0 Å². The lowest BCUT2D eigenvalue weighted by atomic mass is 10.2. The van der Waals surface area contributed by atoms with E-state index < -0.39 is 0 Å². The van der Waals surface area contributed by atoms with Crippen molar-refractivity contribution in [3.05, 3.63) is 45.6 Å². The summed E-state index contributed by atoms with van der Waals surface area (Å²) in [7, 11) is 3.66. The number of aromatic nitrogens is 5. The lowest BCUT2D eigenvalue weighted by Crippen LogP contribution is -2.27. The second-order valence-corrected chi connectivity index (χ2v) is 6.28. The molecule has 0 radical (unpaired) electrons. The van der Waals surface area contributed by atoms with Crippen LogP contribution in [-0.4, -0.2) is 42.2 Å². The highest BCUT2D eigenvalue weighted by atomic mass is 79.9. The van der Waals surface area contributed by atoms with Gasteiger partial charge in [-0.15, -0.1) is 0 Å². The average molecular weight is 377 g/mol. The Morgan fingerprint density at radius 3 is 2.70 bits per heavy atom. The molecule has 0 aliphatic carbocycles. The minimum absolute atomic E-state index is 0.162. The van der Waals surface area contributed by atoms with Crippen LogP contribution in [0.15, 0.2) is 22.9 Å². The Balaban J connectivity index is 1.91. The third-order valence-electron chi connectivity index (χ3n) is 3.94. The van der Waals surface area contributed by atoms with Crippen molar-refractivity contribution in [3.63, 3.8) is 0 Å². The van der Waals surface area contributed by atoms with Gasteiger partial charge in [-0.05, 0) is 35.8 Å². The monoisotopic (exact) mass is 376 g/mol. The average Bonchev–Trinajstić information content (AvgIpc) is 2.99. The molecule has 3 rings (SSSR count). The van der Waals surface area contributed by atoms with Crippen molar-refractivity contribution in [1.82, 2.24) is 29.3 Å². The highest BCUT2D eigenvalue weighted by Gasteiger charge is 2.23. The summed E-state index contributed by atoms with van der Waals surface area (Å²) in [6.07, 6.45) is 3.43. The molecule has 8 heteroatoms. The molecule has 120 valence electrons. The number of carbonyl (C=O) groups is 1. The quantitative estimate of drug-likeness (QED) is 0.701. The van der Waals surface area contributed by atoms with Crippen LogP contribution in [0.25, 0.3) is 5.65 Å². The van der Waals surface area contributed by atoms with Crippen molar-refractivity contribution in [3.8, 4) is 0 Å². The molecule has 3 aromatic rings. The Bertz CT molecular complexity index is 897. The summed E-state index contributed by atoms with van der Waals surface area (Å²) in [5.41, 5.74) is 4.02. The minimum Gasteiger partial charge on any atom is -0.336 e. The van der Waals surface area contributed by atoms with E-state index in [1.165, 1.54) is 0 Å². The van der Waals surface area contributed by atoms with Gasteiger partial charge in [-0.1, -0.05) is 0 Å². The predicted molar refractivity (Wildman–Crippen MR) is 89.2 cm³/mol. The van der Waals surface area contributed by atoms with Gasteiger partial charge in [0.1, 0.15) is 0 Å². The van der Waals surface area contributed by atoms with E-state index in [9.17, 15) is 4.79 Å². The van der Waals surface area contributed by atoms with Crippen molar-refractivity contribution in [2.75, 3.05) is 7.05 Å². The topological polar surface area (TPSA) is 68.3 Å². The molecule has 1 amide bonds. The summed E-state index contributed by atoms with van der Waals surface area (Å²) in [5, 5.41) is 8.71. The fourth-order valence-electron chi connectivity index (χ4n) is 2.53. The van der Waals surface area contributed by atoms with Crippen molar-refractivity contribution < 1.29 is 4.79 Å². The molecule has 23 heavy (non-hydrogen) atoms. The van der Waals surface area contributed by atoms with E-state index in [1.807, 2.05) is 25.6 Å². The van der Waals surface area contributed by atoms with Crippen LogP contribution in [0.4, 0.5) is 0 Å². The Labute approximate surface area is 142 Å². The second kappa shape index (κ2) is 5.77. The first kappa shape index (κ1) is 15.7. The fourth-order valence-corrected chi connectivity index (χ4v) is 3.06. The standard InChI is InChI=1S/C15H17BrN6O/c1-9-11(10(2)21(4)18-9)8-20(3)15(23)13-12(16)14-17-6-5-7-22(14)19-13/h5-7H,8H2,1-4H3. The van der Waals surface area contributed by atoms with E-state index in [1.54, 1.807) is 34.9 Å². The first-order chi connectivity index (χ1) is 10.9. The van der Waals surface area contributed by atoms with Crippen LogP contribution in [0, 0.1) is 13.8 Å². The molecule has 0 unspecified atom stereocenters. The van der Waals surface area contributed by atoms with Crippen molar-refractivity contribution in [2.45, 2.75) is 20.4 Å². The summed E-state index contributed by atoms with van der Waals surface area (Å²) >= 11 is 3.43. The Hall–Kier alpha value is -2.22. The fraction of sp³-hybridized carbons (Fsp3) is 0.333. The predicted octanol–water partition coefficient (Wildman–Crippen LogP) is 2.11. The van der Waals surface area contributed by atoms with Gasteiger partial charge in [0, 0.05) is 44.3 Å². The maximum Gasteiger partial charge on any atom is 0.275 e. The van der Waals surface area contributed by atoms with Gasteiger partial charge in [0.2, 0.25) is 0 Å². The molecule has 0 aliphatic heterocycles. The molecule has 0 N–H and O–H groups in total. The molecular formula is C15H17BrN6O. The lowest BCUT2D eigenvalue weighted by molar-refractivity contribution is 0.0777. The third-order valence-corrected chi connectivity index (χ3v) is 4.67. The molecule has 0 aromatic carbocycles. The zero-order valence-corrected chi connectivity index (χ0v) is 15.0. The van der Waals surface area contributed by atoms with Gasteiger partial charge in [0.25, 0.3) is 5.91 Å². The van der Waals surface area contributed by atoms with Crippen LogP contribution in [0.3, 0.4) is 0 Å². The molecule has 0 bridgehead atoms. The van der Waals surface area contributed by atoms with Crippen LogP contribution < -0.4 is 0 Å². The largest absolute Gasteiger partial charge is 0.336 e. The van der Waals surface area contributed by atoms with Gasteiger partial charge in [0.15, 0.2) is 11.3 Å². The molecule has 0 atom stereocenters. The van der Waals surface area contributed by atoms with Crippen molar-refractivity contribution in [2.24, 2.45) is 7.05 Å². The highest BCUT2D eigenvalue weighted by Crippen LogP contribution is 2.23. The van der Waals surface area contributed by atoms with Gasteiger partial charge in [-0.3, -0.25) is 9.48 Å². The third kappa shape index (κ3) is 2.63.